The van der Waals surface area contributed by atoms with Crippen molar-refractivity contribution < 1.29 is 9.59 Å². The lowest BCUT2D eigenvalue weighted by atomic mass is 9.97. The van der Waals surface area contributed by atoms with E-state index < -0.39 is 0 Å². The number of imidazole rings is 1. The van der Waals surface area contributed by atoms with E-state index in [0.717, 1.165) is 47.1 Å². The Morgan fingerprint density at radius 2 is 1.70 bits per heavy atom. The Morgan fingerprint density at radius 3 is 2.39 bits per heavy atom. The van der Waals surface area contributed by atoms with Crippen LogP contribution in [0.1, 0.15) is 44.2 Å². The summed E-state index contributed by atoms with van der Waals surface area (Å²) in [5, 5.41) is 3.73. The molecule has 0 radical (unpaired) electrons. The molecule has 2 atom stereocenters. The minimum Gasteiger partial charge on any atom is -0.336 e. The zero-order chi connectivity index (χ0) is 23.5. The molecule has 0 aliphatic carbocycles. The Balaban J connectivity index is 1.52. The lowest BCUT2D eigenvalue weighted by Crippen LogP contribution is -2.48. The van der Waals surface area contributed by atoms with E-state index in [-0.39, 0.29) is 36.2 Å². The number of likely N-dealkylation sites (tertiary alicyclic amines) is 1. The highest BCUT2D eigenvalue weighted by Crippen LogP contribution is 2.27. The summed E-state index contributed by atoms with van der Waals surface area (Å²) in [5.74, 6) is 0.252. The third kappa shape index (κ3) is 5.08. The summed E-state index contributed by atoms with van der Waals surface area (Å²) in [6.45, 7) is 8.48. The van der Waals surface area contributed by atoms with Gasteiger partial charge < -0.3 is 14.8 Å². The minimum atomic E-state index is -0.0828. The van der Waals surface area contributed by atoms with Gasteiger partial charge in [-0.1, -0.05) is 42.1 Å². The molecule has 1 N–H and O–H groups in total. The molecule has 1 aromatic heterocycles. The van der Waals surface area contributed by atoms with Gasteiger partial charge in [0.1, 0.15) is 6.54 Å². The van der Waals surface area contributed by atoms with Crippen molar-refractivity contribution in [1.82, 2.24) is 14.5 Å². The van der Waals surface area contributed by atoms with Crippen LogP contribution in [0.25, 0.3) is 11.0 Å². The van der Waals surface area contributed by atoms with Gasteiger partial charge in [-0.15, -0.1) is 0 Å². The number of amides is 2. The molecule has 2 amide bonds. The lowest BCUT2D eigenvalue weighted by Gasteiger charge is -2.39. The number of benzene rings is 2. The topological polar surface area (TPSA) is 67.2 Å². The molecule has 1 saturated heterocycles. The Morgan fingerprint density at radius 1 is 1.03 bits per heavy atom. The summed E-state index contributed by atoms with van der Waals surface area (Å²) < 4.78 is 1.96. The van der Waals surface area contributed by atoms with Crippen LogP contribution >= 0.6 is 11.8 Å². The number of anilines is 1. The predicted octanol–water partition coefficient (Wildman–Crippen LogP) is 5.17. The van der Waals surface area contributed by atoms with E-state index >= 15 is 0 Å². The van der Waals surface area contributed by atoms with Crippen molar-refractivity contribution >= 4 is 40.3 Å². The van der Waals surface area contributed by atoms with Crippen LogP contribution in [0.5, 0.6) is 0 Å². The molecule has 6 nitrogen and oxygen atoms in total. The highest BCUT2D eigenvalue weighted by Gasteiger charge is 2.29. The first-order valence-electron chi connectivity index (χ1n) is 11.6. The van der Waals surface area contributed by atoms with Crippen LogP contribution in [-0.4, -0.2) is 44.1 Å². The molecule has 7 heteroatoms. The van der Waals surface area contributed by atoms with E-state index in [1.54, 1.807) is 0 Å². The van der Waals surface area contributed by atoms with E-state index in [1.807, 2.05) is 65.8 Å². The molecule has 0 saturated carbocycles. The van der Waals surface area contributed by atoms with Gasteiger partial charge in [0.05, 0.1) is 16.8 Å². The van der Waals surface area contributed by atoms with E-state index in [0.29, 0.717) is 5.16 Å². The number of rotatable bonds is 6. The summed E-state index contributed by atoms with van der Waals surface area (Å²) in [7, 11) is 0. The van der Waals surface area contributed by atoms with E-state index in [9.17, 15) is 9.59 Å². The van der Waals surface area contributed by atoms with Gasteiger partial charge in [0.15, 0.2) is 5.16 Å². The van der Waals surface area contributed by atoms with Crippen molar-refractivity contribution in [1.29, 1.82) is 0 Å². The number of thioether (sulfide) groups is 1. The third-order valence-corrected chi connectivity index (χ3v) is 7.45. The molecule has 2 heterocycles. The van der Waals surface area contributed by atoms with Gasteiger partial charge in [0.2, 0.25) is 11.8 Å². The zero-order valence-electron chi connectivity index (χ0n) is 19.8. The van der Waals surface area contributed by atoms with Gasteiger partial charge in [0.25, 0.3) is 0 Å². The Bertz CT molecular complexity index is 1140. The van der Waals surface area contributed by atoms with Crippen LogP contribution in [-0.2, 0) is 16.1 Å². The number of fused-ring (bicyclic) bond motifs is 1. The second kappa shape index (κ2) is 10.00. The number of nitrogens with zero attached hydrogens (tertiary/aromatic N) is 3. The third-order valence-electron chi connectivity index (χ3n) is 6.47. The summed E-state index contributed by atoms with van der Waals surface area (Å²) in [4.78, 5) is 32.8. The molecule has 1 fully saturated rings. The number of hydrogen-bond donors (Lipinski definition) is 1. The normalized spacial score (nSPS) is 18.5. The standard InChI is InChI=1S/C26H32N4O2S/c1-17-9-7-10-18(2)25(17)28-23(31)16-33-26-27-21-13-5-6-14-22(21)29(26)15-24(32)30-19(3)11-8-12-20(30)4/h5-7,9-10,13-14,19-20H,8,11-12,15-16H2,1-4H3,(H,28,31). The lowest BCUT2D eigenvalue weighted by molar-refractivity contribution is -0.138. The number of hydrogen-bond acceptors (Lipinski definition) is 4. The molecular weight excluding hydrogens is 432 g/mol. The molecule has 4 rings (SSSR count). The number of aryl methyl sites for hydroxylation is 2. The largest absolute Gasteiger partial charge is 0.336 e. The summed E-state index contributed by atoms with van der Waals surface area (Å²) in [6, 6.07) is 14.3. The number of para-hydroxylation sites is 3. The maximum Gasteiger partial charge on any atom is 0.243 e. The van der Waals surface area contributed by atoms with Crippen molar-refractivity contribution in [3.63, 3.8) is 0 Å². The molecule has 3 aromatic rings. The van der Waals surface area contributed by atoms with Gasteiger partial charge >= 0.3 is 0 Å². The van der Waals surface area contributed by atoms with Crippen LogP contribution < -0.4 is 5.32 Å². The highest BCUT2D eigenvalue weighted by molar-refractivity contribution is 7.99. The monoisotopic (exact) mass is 464 g/mol. The molecular formula is C26H32N4O2S. The van der Waals surface area contributed by atoms with Crippen LogP contribution in [0.15, 0.2) is 47.6 Å². The summed E-state index contributed by atoms with van der Waals surface area (Å²) >= 11 is 1.37. The Labute approximate surface area is 199 Å². The highest BCUT2D eigenvalue weighted by atomic mass is 32.2. The van der Waals surface area contributed by atoms with E-state index in [4.69, 9.17) is 4.98 Å². The zero-order valence-corrected chi connectivity index (χ0v) is 20.6. The second-order valence-corrected chi connectivity index (χ2v) is 9.95. The van der Waals surface area contributed by atoms with Gasteiger partial charge in [-0.25, -0.2) is 4.98 Å². The van der Waals surface area contributed by atoms with Gasteiger partial charge in [0, 0.05) is 17.8 Å². The molecule has 174 valence electrons. The summed E-state index contributed by atoms with van der Waals surface area (Å²) in [6.07, 6.45) is 3.25. The molecule has 2 unspecified atom stereocenters. The maximum absolute atomic E-state index is 13.3. The van der Waals surface area contributed by atoms with Crippen molar-refractivity contribution in [2.75, 3.05) is 11.1 Å². The first kappa shape index (κ1) is 23.4. The number of piperidine rings is 1. The Kier molecular flexibility index (Phi) is 7.08. The number of carbonyl (C=O) groups excluding carboxylic acids is 2. The first-order valence-corrected chi connectivity index (χ1v) is 12.6. The molecule has 0 spiro atoms. The smallest absolute Gasteiger partial charge is 0.243 e. The van der Waals surface area contributed by atoms with Crippen LogP contribution in [0.4, 0.5) is 5.69 Å². The van der Waals surface area contributed by atoms with Gasteiger partial charge in [-0.05, 0) is 70.2 Å². The maximum atomic E-state index is 13.3. The number of aromatic nitrogens is 2. The fourth-order valence-corrected chi connectivity index (χ4v) is 5.58. The van der Waals surface area contributed by atoms with Crippen LogP contribution in [0.2, 0.25) is 0 Å². The van der Waals surface area contributed by atoms with Crippen molar-refractivity contribution in [2.24, 2.45) is 0 Å². The quantitative estimate of drug-likeness (QED) is 0.511. The van der Waals surface area contributed by atoms with E-state index in [2.05, 4.69) is 19.2 Å². The van der Waals surface area contributed by atoms with Crippen LogP contribution in [0.3, 0.4) is 0 Å². The van der Waals surface area contributed by atoms with Crippen molar-refractivity contribution in [3.05, 3.63) is 53.6 Å². The minimum absolute atomic E-state index is 0.0828. The van der Waals surface area contributed by atoms with Crippen LogP contribution in [0, 0.1) is 13.8 Å². The molecule has 0 bridgehead atoms. The molecule has 1 aliphatic heterocycles. The van der Waals surface area contributed by atoms with Gasteiger partial charge in [-0.3, -0.25) is 9.59 Å². The van der Waals surface area contributed by atoms with E-state index in [1.165, 1.54) is 11.8 Å². The van der Waals surface area contributed by atoms with Crippen molar-refractivity contribution in [2.45, 2.75) is 70.7 Å². The Hall–Kier alpha value is -2.80. The molecule has 2 aromatic carbocycles. The second-order valence-electron chi connectivity index (χ2n) is 9.00. The average molecular weight is 465 g/mol. The fraction of sp³-hybridized carbons (Fsp3) is 0.423. The summed E-state index contributed by atoms with van der Waals surface area (Å²) in [5.41, 5.74) is 4.69. The fourth-order valence-electron chi connectivity index (χ4n) is 4.76. The molecule has 1 aliphatic rings. The number of nitrogens with one attached hydrogen (secondary N) is 1. The average Bonchev–Trinajstić information content (AvgIpc) is 3.12. The molecule has 33 heavy (non-hydrogen) atoms. The first-order chi connectivity index (χ1) is 15.8. The SMILES string of the molecule is Cc1cccc(C)c1NC(=O)CSc1nc2ccccc2n1CC(=O)N1C(C)CCCC1C. The van der Waals surface area contributed by atoms with Gasteiger partial charge in [-0.2, -0.15) is 0 Å². The predicted molar refractivity (Wildman–Crippen MR) is 135 cm³/mol. The number of carbonyl (C=O) groups is 2. The van der Waals surface area contributed by atoms with Crippen molar-refractivity contribution in [3.8, 4) is 0 Å².